The predicted octanol–water partition coefficient (Wildman–Crippen LogP) is -0.274. The van der Waals surface area contributed by atoms with Crippen LogP contribution < -0.4 is 10.5 Å². The molecule has 0 bridgehead atoms. The number of para-hydroxylation sites is 1. The number of hydrogen-bond donors (Lipinski definition) is 1. The van der Waals surface area contributed by atoms with E-state index in [1.807, 2.05) is 6.07 Å². The normalized spacial score (nSPS) is 8.42. The number of rotatable bonds is 2. The number of hydrogen-bond acceptors (Lipinski definition) is 3. The van der Waals surface area contributed by atoms with Crippen molar-refractivity contribution in [2.24, 2.45) is 5.73 Å². The van der Waals surface area contributed by atoms with E-state index in [2.05, 4.69) is 0 Å². The minimum Gasteiger partial charge on any atom is -0.426 e. The van der Waals surface area contributed by atoms with Gasteiger partial charge in [-0.05, 0) is 12.1 Å². The molecule has 1 aromatic rings. The monoisotopic (exact) mass is 169 g/mol. The largest absolute Gasteiger partial charge is 0.426 e. The van der Waals surface area contributed by atoms with Gasteiger partial charge in [0.1, 0.15) is 5.75 Å². The molecule has 0 fully saturated rings. The first-order valence-corrected chi connectivity index (χ1v) is 3.28. The van der Waals surface area contributed by atoms with Crippen molar-refractivity contribution in [3.63, 3.8) is 0 Å². The number of carbonyl (C=O) groups is 1. The molecule has 0 aliphatic heterocycles. The van der Waals surface area contributed by atoms with Gasteiger partial charge >= 0.3 is 5.97 Å². The summed E-state index contributed by atoms with van der Waals surface area (Å²) in [7, 11) is 0. The summed E-state index contributed by atoms with van der Waals surface area (Å²) in [6.07, 6.45) is 0. The molecular formula is C8H11NO3. The number of ether oxygens (including phenoxy) is 1. The van der Waals surface area contributed by atoms with Gasteiger partial charge in [-0.15, -0.1) is 0 Å². The van der Waals surface area contributed by atoms with Gasteiger partial charge in [0.15, 0.2) is 0 Å². The quantitative estimate of drug-likeness (QED) is 0.488. The maximum atomic E-state index is 10.6. The molecule has 4 N–H and O–H groups in total. The van der Waals surface area contributed by atoms with Crippen molar-refractivity contribution in [2.45, 2.75) is 0 Å². The second-order valence-corrected chi connectivity index (χ2v) is 1.99. The van der Waals surface area contributed by atoms with Gasteiger partial charge in [0.25, 0.3) is 0 Å². The molecule has 66 valence electrons. The summed E-state index contributed by atoms with van der Waals surface area (Å²) in [5.74, 6) is 0.110. The highest BCUT2D eigenvalue weighted by Crippen LogP contribution is 2.07. The van der Waals surface area contributed by atoms with Gasteiger partial charge in [-0.1, -0.05) is 18.2 Å². The molecule has 1 rings (SSSR count). The zero-order valence-corrected chi connectivity index (χ0v) is 6.49. The van der Waals surface area contributed by atoms with E-state index < -0.39 is 5.97 Å². The average Bonchev–Trinajstić information content (AvgIpc) is 2.06. The number of nitrogens with two attached hydrogens (primary N) is 1. The molecule has 12 heavy (non-hydrogen) atoms. The number of benzene rings is 1. The van der Waals surface area contributed by atoms with E-state index in [4.69, 9.17) is 10.5 Å². The highest BCUT2D eigenvalue weighted by molar-refractivity contribution is 5.74. The van der Waals surface area contributed by atoms with Crippen LogP contribution in [0.15, 0.2) is 30.3 Å². The van der Waals surface area contributed by atoms with Gasteiger partial charge < -0.3 is 15.9 Å². The second-order valence-electron chi connectivity index (χ2n) is 1.99. The molecule has 0 heterocycles. The van der Waals surface area contributed by atoms with E-state index in [9.17, 15) is 4.79 Å². The van der Waals surface area contributed by atoms with Crippen LogP contribution in [0.1, 0.15) is 0 Å². The van der Waals surface area contributed by atoms with Crippen LogP contribution in [0.5, 0.6) is 5.75 Å². The van der Waals surface area contributed by atoms with Crippen LogP contribution in [0.2, 0.25) is 0 Å². The van der Waals surface area contributed by atoms with E-state index >= 15 is 0 Å². The van der Waals surface area contributed by atoms with Crippen LogP contribution in [0.25, 0.3) is 0 Å². The van der Waals surface area contributed by atoms with Gasteiger partial charge in [-0.2, -0.15) is 0 Å². The first kappa shape index (κ1) is 10.6. The second kappa shape index (κ2) is 5.29. The van der Waals surface area contributed by atoms with E-state index in [0.29, 0.717) is 5.75 Å². The minimum absolute atomic E-state index is 0. The fourth-order valence-electron chi connectivity index (χ4n) is 0.662. The SMILES string of the molecule is NCC(=O)Oc1ccccc1.O. The van der Waals surface area contributed by atoms with Crippen LogP contribution in [-0.4, -0.2) is 18.0 Å². The third-order valence-corrected chi connectivity index (χ3v) is 1.14. The molecule has 1 aromatic carbocycles. The number of carbonyl (C=O) groups excluding carboxylic acids is 1. The Morgan fingerprint density at radius 2 is 1.92 bits per heavy atom. The highest BCUT2D eigenvalue weighted by atomic mass is 16.5. The third kappa shape index (κ3) is 3.14. The lowest BCUT2D eigenvalue weighted by molar-refractivity contribution is -0.132. The minimum atomic E-state index is -0.420. The van der Waals surface area contributed by atoms with Gasteiger partial charge in [0, 0.05) is 0 Å². The highest BCUT2D eigenvalue weighted by Gasteiger charge is 1.98. The van der Waals surface area contributed by atoms with E-state index in [1.54, 1.807) is 24.3 Å². The van der Waals surface area contributed by atoms with Crippen LogP contribution in [-0.2, 0) is 4.79 Å². The lowest BCUT2D eigenvalue weighted by Gasteiger charge is -1.99. The summed E-state index contributed by atoms with van der Waals surface area (Å²) < 4.78 is 4.80. The van der Waals surface area contributed by atoms with Crippen LogP contribution in [0, 0.1) is 0 Å². The molecule has 0 saturated carbocycles. The zero-order chi connectivity index (χ0) is 8.10. The van der Waals surface area contributed by atoms with Crippen molar-refractivity contribution in [1.82, 2.24) is 0 Å². The van der Waals surface area contributed by atoms with Crippen LogP contribution >= 0.6 is 0 Å². The average molecular weight is 169 g/mol. The standard InChI is InChI=1S/C8H9NO2.H2O/c9-6-8(10)11-7-4-2-1-3-5-7;/h1-5H,6,9H2;1H2. The number of esters is 1. The molecule has 0 spiro atoms. The summed E-state index contributed by atoms with van der Waals surface area (Å²) in [6.45, 7) is -0.0884. The topological polar surface area (TPSA) is 83.8 Å². The van der Waals surface area contributed by atoms with Gasteiger partial charge in [-0.3, -0.25) is 4.79 Å². The molecule has 0 saturated heterocycles. The molecule has 0 aliphatic rings. The summed E-state index contributed by atoms with van der Waals surface area (Å²) in [5.41, 5.74) is 5.05. The predicted molar refractivity (Wildman–Crippen MR) is 44.7 cm³/mol. The summed E-state index contributed by atoms with van der Waals surface area (Å²) in [6, 6.07) is 8.83. The first-order valence-electron chi connectivity index (χ1n) is 3.28. The van der Waals surface area contributed by atoms with Crippen molar-refractivity contribution in [2.75, 3.05) is 6.54 Å². The molecule has 4 nitrogen and oxygen atoms in total. The van der Waals surface area contributed by atoms with Crippen molar-refractivity contribution >= 4 is 5.97 Å². The third-order valence-electron chi connectivity index (χ3n) is 1.14. The van der Waals surface area contributed by atoms with E-state index in [1.165, 1.54) is 0 Å². The molecule has 4 heteroatoms. The van der Waals surface area contributed by atoms with Crippen molar-refractivity contribution < 1.29 is 15.0 Å². The Labute approximate surface area is 70.3 Å². The Balaban J connectivity index is 0.00000121. The van der Waals surface area contributed by atoms with Crippen molar-refractivity contribution in [1.29, 1.82) is 0 Å². The Morgan fingerprint density at radius 3 is 2.42 bits per heavy atom. The van der Waals surface area contributed by atoms with E-state index in [-0.39, 0.29) is 12.0 Å². The maximum Gasteiger partial charge on any atom is 0.325 e. The summed E-state index contributed by atoms with van der Waals surface area (Å²) in [5, 5.41) is 0. The van der Waals surface area contributed by atoms with Crippen molar-refractivity contribution in [3.05, 3.63) is 30.3 Å². The molecular weight excluding hydrogens is 158 g/mol. The van der Waals surface area contributed by atoms with Crippen LogP contribution in [0.3, 0.4) is 0 Å². The Morgan fingerprint density at radius 1 is 1.33 bits per heavy atom. The van der Waals surface area contributed by atoms with E-state index in [0.717, 1.165) is 0 Å². The zero-order valence-electron chi connectivity index (χ0n) is 6.49. The Hall–Kier alpha value is -1.39. The lowest BCUT2D eigenvalue weighted by Crippen LogP contribution is -2.19. The molecule has 0 aliphatic carbocycles. The summed E-state index contributed by atoms with van der Waals surface area (Å²) >= 11 is 0. The van der Waals surface area contributed by atoms with Crippen molar-refractivity contribution in [3.8, 4) is 5.75 Å². The fraction of sp³-hybridized carbons (Fsp3) is 0.125. The Kier molecular flexibility index (Phi) is 4.67. The molecule has 0 aromatic heterocycles. The molecule has 0 amide bonds. The smallest absolute Gasteiger partial charge is 0.325 e. The maximum absolute atomic E-state index is 10.6. The first-order chi connectivity index (χ1) is 5.33. The molecule has 0 radical (unpaired) electrons. The molecule has 0 atom stereocenters. The van der Waals surface area contributed by atoms with Crippen LogP contribution in [0.4, 0.5) is 0 Å². The van der Waals surface area contributed by atoms with Gasteiger partial charge in [0.2, 0.25) is 0 Å². The Bertz CT molecular complexity index is 235. The summed E-state index contributed by atoms with van der Waals surface area (Å²) in [4.78, 5) is 10.6. The van der Waals surface area contributed by atoms with Gasteiger partial charge in [-0.25, -0.2) is 0 Å². The fourth-order valence-corrected chi connectivity index (χ4v) is 0.662. The lowest BCUT2D eigenvalue weighted by atomic mass is 10.3. The van der Waals surface area contributed by atoms with Gasteiger partial charge in [0.05, 0.1) is 6.54 Å². The molecule has 0 unspecified atom stereocenters.